The van der Waals surface area contributed by atoms with Crippen LogP contribution in [-0.4, -0.2) is 31.1 Å². The number of benzene rings is 1. The van der Waals surface area contributed by atoms with Crippen LogP contribution in [0, 0.1) is 12.8 Å². The largest absolute Gasteiger partial charge is 0.329 e. The van der Waals surface area contributed by atoms with Crippen molar-refractivity contribution >= 4 is 15.9 Å². The number of nitrogens with two attached hydrogens (primary N) is 1. The molecule has 1 heterocycles. The molecule has 2 nitrogen and oxygen atoms in total. The Bertz CT molecular complexity index is 384. The summed E-state index contributed by atoms with van der Waals surface area (Å²) in [4.78, 5) is 2.49. The van der Waals surface area contributed by atoms with Gasteiger partial charge in [0.15, 0.2) is 0 Å². The number of halogens is 1. The molecule has 0 unspecified atom stereocenters. The van der Waals surface area contributed by atoms with Gasteiger partial charge in [-0.05, 0) is 68.5 Å². The summed E-state index contributed by atoms with van der Waals surface area (Å²) < 4.78 is 1.20. The highest BCUT2D eigenvalue weighted by Crippen LogP contribution is 2.25. The van der Waals surface area contributed by atoms with E-state index in [1.54, 1.807) is 0 Å². The Hall–Kier alpha value is -0.380. The Balaban J connectivity index is 1.89. The standard InChI is InChI=1S/C15H23BrN2/c1-12-2-3-15(16)11-14(12)10-13-4-7-18(8-5-13)9-6-17/h2-3,11,13H,4-10,17H2,1H3. The van der Waals surface area contributed by atoms with Gasteiger partial charge >= 0.3 is 0 Å². The van der Waals surface area contributed by atoms with Crippen LogP contribution in [0.15, 0.2) is 22.7 Å². The van der Waals surface area contributed by atoms with Gasteiger partial charge in [-0.25, -0.2) is 0 Å². The van der Waals surface area contributed by atoms with Gasteiger partial charge in [0, 0.05) is 17.6 Å². The first-order chi connectivity index (χ1) is 8.69. The molecule has 1 aromatic carbocycles. The predicted molar refractivity (Wildman–Crippen MR) is 80.8 cm³/mol. The number of nitrogens with zero attached hydrogens (tertiary/aromatic N) is 1. The van der Waals surface area contributed by atoms with Gasteiger partial charge in [-0.15, -0.1) is 0 Å². The number of piperidine rings is 1. The van der Waals surface area contributed by atoms with Crippen molar-refractivity contribution in [2.45, 2.75) is 26.2 Å². The summed E-state index contributed by atoms with van der Waals surface area (Å²) in [6, 6.07) is 6.62. The Labute approximate surface area is 119 Å². The van der Waals surface area contributed by atoms with Crippen molar-refractivity contribution in [2.75, 3.05) is 26.2 Å². The third kappa shape index (κ3) is 3.81. The highest BCUT2D eigenvalue weighted by atomic mass is 79.9. The van der Waals surface area contributed by atoms with Gasteiger partial charge < -0.3 is 10.6 Å². The molecule has 1 aliphatic rings. The summed E-state index contributed by atoms with van der Waals surface area (Å²) in [5, 5.41) is 0. The van der Waals surface area contributed by atoms with Crippen LogP contribution < -0.4 is 5.73 Å². The maximum absolute atomic E-state index is 5.61. The lowest BCUT2D eigenvalue weighted by molar-refractivity contribution is 0.188. The molecule has 0 atom stereocenters. The summed E-state index contributed by atoms with van der Waals surface area (Å²) >= 11 is 3.57. The van der Waals surface area contributed by atoms with Gasteiger partial charge in [0.1, 0.15) is 0 Å². The van der Waals surface area contributed by atoms with Crippen molar-refractivity contribution in [3.63, 3.8) is 0 Å². The Morgan fingerprint density at radius 1 is 1.33 bits per heavy atom. The second kappa shape index (κ2) is 6.69. The summed E-state index contributed by atoms with van der Waals surface area (Å²) in [5.41, 5.74) is 8.53. The molecule has 0 aromatic heterocycles. The summed E-state index contributed by atoms with van der Waals surface area (Å²) in [7, 11) is 0. The highest BCUT2D eigenvalue weighted by molar-refractivity contribution is 9.10. The smallest absolute Gasteiger partial charge is 0.0178 e. The van der Waals surface area contributed by atoms with E-state index in [0.717, 1.165) is 19.0 Å². The van der Waals surface area contributed by atoms with Gasteiger partial charge in [0.25, 0.3) is 0 Å². The maximum atomic E-state index is 5.61. The molecule has 2 N–H and O–H groups in total. The lowest BCUT2D eigenvalue weighted by Gasteiger charge is -2.31. The minimum absolute atomic E-state index is 0.787. The lowest BCUT2D eigenvalue weighted by atomic mass is 9.88. The van der Waals surface area contributed by atoms with Gasteiger partial charge in [0.05, 0.1) is 0 Å². The Morgan fingerprint density at radius 2 is 2.06 bits per heavy atom. The van der Waals surface area contributed by atoms with E-state index in [2.05, 4.69) is 46.0 Å². The van der Waals surface area contributed by atoms with Crippen LogP contribution in [0.4, 0.5) is 0 Å². The Morgan fingerprint density at radius 3 is 2.72 bits per heavy atom. The van der Waals surface area contributed by atoms with Gasteiger partial charge in [-0.3, -0.25) is 0 Å². The van der Waals surface area contributed by atoms with Crippen molar-refractivity contribution in [1.82, 2.24) is 4.90 Å². The zero-order valence-corrected chi connectivity index (χ0v) is 12.7. The molecule has 0 saturated carbocycles. The first-order valence-electron chi connectivity index (χ1n) is 6.86. The van der Waals surface area contributed by atoms with E-state index in [1.807, 2.05) is 0 Å². The second-order valence-electron chi connectivity index (χ2n) is 5.35. The molecule has 1 aromatic rings. The van der Waals surface area contributed by atoms with E-state index in [-0.39, 0.29) is 0 Å². The minimum Gasteiger partial charge on any atom is -0.329 e. The van der Waals surface area contributed by atoms with Gasteiger partial charge in [-0.1, -0.05) is 22.0 Å². The minimum atomic E-state index is 0.787. The lowest BCUT2D eigenvalue weighted by Crippen LogP contribution is -2.37. The van der Waals surface area contributed by atoms with Crippen molar-refractivity contribution in [3.05, 3.63) is 33.8 Å². The van der Waals surface area contributed by atoms with E-state index < -0.39 is 0 Å². The number of rotatable bonds is 4. The molecule has 0 radical (unpaired) electrons. The van der Waals surface area contributed by atoms with E-state index in [4.69, 9.17) is 5.73 Å². The highest BCUT2D eigenvalue weighted by Gasteiger charge is 2.19. The molecular weight excluding hydrogens is 288 g/mol. The average Bonchev–Trinajstić information content (AvgIpc) is 2.37. The molecule has 0 bridgehead atoms. The third-order valence-electron chi connectivity index (χ3n) is 3.97. The summed E-state index contributed by atoms with van der Waals surface area (Å²) in [5.74, 6) is 0.840. The average molecular weight is 311 g/mol. The van der Waals surface area contributed by atoms with Crippen LogP contribution in [0.25, 0.3) is 0 Å². The molecule has 18 heavy (non-hydrogen) atoms. The topological polar surface area (TPSA) is 29.3 Å². The zero-order chi connectivity index (χ0) is 13.0. The second-order valence-corrected chi connectivity index (χ2v) is 6.26. The van der Waals surface area contributed by atoms with E-state index >= 15 is 0 Å². The van der Waals surface area contributed by atoms with Crippen LogP contribution >= 0.6 is 15.9 Å². The van der Waals surface area contributed by atoms with Crippen LogP contribution in [0.1, 0.15) is 24.0 Å². The van der Waals surface area contributed by atoms with Crippen LogP contribution in [0.2, 0.25) is 0 Å². The molecular formula is C15H23BrN2. The van der Waals surface area contributed by atoms with Crippen LogP contribution in [-0.2, 0) is 6.42 Å². The fourth-order valence-corrected chi connectivity index (χ4v) is 3.18. The van der Waals surface area contributed by atoms with Crippen molar-refractivity contribution < 1.29 is 0 Å². The molecule has 0 amide bonds. The third-order valence-corrected chi connectivity index (χ3v) is 4.47. The zero-order valence-electron chi connectivity index (χ0n) is 11.2. The van der Waals surface area contributed by atoms with Crippen molar-refractivity contribution in [3.8, 4) is 0 Å². The number of hydrogen-bond acceptors (Lipinski definition) is 2. The van der Waals surface area contributed by atoms with E-state index in [0.29, 0.717) is 0 Å². The Kier molecular flexibility index (Phi) is 5.22. The summed E-state index contributed by atoms with van der Waals surface area (Å²) in [6.45, 7) is 6.49. The quantitative estimate of drug-likeness (QED) is 0.926. The number of hydrogen-bond donors (Lipinski definition) is 1. The predicted octanol–water partition coefficient (Wildman–Crippen LogP) is 2.97. The summed E-state index contributed by atoms with van der Waals surface area (Å²) in [6.07, 6.45) is 3.85. The molecule has 1 saturated heterocycles. The molecule has 1 fully saturated rings. The number of aryl methyl sites for hydroxylation is 1. The van der Waals surface area contributed by atoms with E-state index in [1.165, 1.54) is 48.0 Å². The molecule has 100 valence electrons. The number of likely N-dealkylation sites (tertiary alicyclic amines) is 1. The molecule has 1 aliphatic heterocycles. The maximum Gasteiger partial charge on any atom is 0.0178 e. The van der Waals surface area contributed by atoms with Crippen molar-refractivity contribution in [2.24, 2.45) is 11.7 Å². The first kappa shape index (κ1) is 14.0. The molecule has 0 aliphatic carbocycles. The monoisotopic (exact) mass is 310 g/mol. The van der Waals surface area contributed by atoms with Crippen LogP contribution in [0.3, 0.4) is 0 Å². The SMILES string of the molecule is Cc1ccc(Br)cc1CC1CCN(CCN)CC1. The first-order valence-corrected chi connectivity index (χ1v) is 7.66. The van der Waals surface area contributed by atoms with E-state index in [9.17, 15) is 0 Å². The normalized spacial score (nSPS) is 18.2. The fourth-order valence-electron chi connectivity index (χ4n) is 2.77. The van der Waals surface area contributed by atoms with Gasteiger partial charge in [-0.2, -0.15) is 0 Å². The van der Waals surface area contributed by atoms with Crippen molar-refractivity contribution in [1.29, 1.82) is 0 Å². The molecule has 3 heteroatoms. The fraction of sp³-hybridized carbons (Fsp3) is 0.600. The van der Waals surface area contributed by atoms with Gasteiger partial charge in [0.2, 0.25) is 0 Å². The molecule has 2 rings (SSSR count). The molecule has 0 spiro atoms. The van der Waals surface area contributed by atoms with Crippen LogP contribution in [0.5, 0.6) is 0 Å².